The molecule has 1 aliphatic heterocycles. The lowest BCUT2D eigenvalue weighted by atomic mass is 10.1. The van der Waals surface area contributed by atoms with Crippen molar-refractivity contribution in [3.05, 3.63) is 30.2 Å². The fourth-order valence-electron chi connectivity index (χ4n) is 4.24. The van der Waals surface area contributed by atoms with Crippen molar-refractivity contribution in [1.82, 2.24) is 29.6 Å². The van der Waals surface area contributed by atoms with Crippen LogP contribution in [0.3, 0.4) is 0 Å². The number of nitrogens with one attached hydrogen (secondary N) is 1. The minimum atomic E-state index is -0.130. The molecule has 8 heteroatoms. The van der Waals surface area contributed by atoms with E-state index >= 15 is 0 Å². The molecule has 0 radical (unpaired) electrons. The number of fused-ring (bicyclic) bond motifs is 1. The Bertz CT molecular complexity index is 1110. The molecule has 3 aromatic heterocycles. The molecule has 0 spiro atoms. The zero-order valence-corrected chi connectivity index (χ0v) is 18.2. The normalized spacial score (nSPS) is 21.4. The number of ether oxygens (including phenoxy) is 1. The third kappa shape index (κ3) is 3.96. The Morgan fingerprint density at radius 3 is 2.61 bits per heavy atom. The number of hydrogen-bond donors (Lipinski definition) is 1. The van der Waals surface area contributed by atoms with Gasteiger partial charge >= 0.3 is 0 Å². The predicted molar refractivity (Wildman–Crippen MR) is 119 cm³/mol. The highest BCUT2D eigenvalue weighted by Gasteiger charge is 2.41. The lowest BCUT2D eigenvalue weighted by molar-refractivity contribution is 0.194. The van der Waals surface area contributed by atoms with Gasteiger partial charge in [-0.3, -0.25) is 4.68 Å². The average molecular weight is 420 g/mol. The van der Waals surface area contributed by atoms with E-state index in [1.54, 1.807) is 0 Å². The number of likely N-dealkylation sites (tertiary alicyclic amines) is 1. The summed E-state index contributed by atoms with van der Waals surface area (Å²) in [6.45, 7) is 4.34. The summed E-state index contributed by atoms with van der Waals surface area (Å²) in [4.78, 5) is 16.7. The van der Waals surface area contributed by atoms with Crippen molar-refractivity contribution in [2.45, 2.75) is 63.0 Å². The molecule has 0 aromatic carbocycles. The van der Waals surface area contributed by atoms with Crippen molar-refractivity contribution in [3.63, 3.8) is 0 Å². The Labute approximate surface area is 182 Å². The second kappa shape index (κ2) is 7.15. The quantitative estimate of drug-likeness (QED) is 0.646. The van der Waals surface area contributed by atoms with Crippen LogP contribution in [0.5, 0.6) is 5.88 Å². The molecule has 0 bridgehead atoms. The van der Waals surface area contributed by atoms with Crippen molar-refractivity contribution in [2.75, 3.05) is 25.5 Å². The molecule has 1 N–H and O–H groups in total. The van der Waals surface area contributed by atoms with Crippen LogP contribution in [0.2, 0.25) is 0 Å². The first-order chi connectivity index (χ1) is 15.0. The van der Waals surface area contributed by atoms with Gasteiger partial charge in [0, 0.05) is 17.8 Å². The summed E-state index contributed by atoms with van der Waals surface area (Å²) < 4.78 is 8.36. The van der Waals surface area contributed by atoms with Crippen LogP contribution in [0.25, 0.3) is 11.0 Å². The molecule has 162 valence electrons. The third-order valence-electron chi connectivity index (χ3n) is 6.74. The molecule has 31 heavy (non-hydrogen) atoms. The second-order valence-corrected chi connectivity index (χ2v) is 9.65. The summed E-state index contributed by atoms with van der Waals surface area (Å²) >= 11 is 0. The van der Waals surface area contributed by atoms with Crippen molar-refractivity contribution < 1.29 is 4.74 Å². The molecular weight excluding hydrogens is 390 g/mol. The van der Waals surface area contributed by atoms with Crippen LogP contribution < -0.4 is 10.1 Å². The van der Waals surface area contributed by atoms with E-state index in [0.29, 0.717) is 23.8 Å². The van der Waals surface area contributed by atoms with Crippen LogP contribution in [-0.2, 0) is 0 Å². The predicted octanol–water partition coefficient (Wildman–Crippen LogP) is 4.04. The van der Waals surface area contributed by atoms with Crippen molar-refractivity contribution in [1.29, 1.82) is 0 Å². The van der Waals surface area contributed by atoms with Gasteiger partial charge in [0.25, 0.3) is 0 Å². The number of hydrogen-bond acceptors (Lipinski definition) is 7. The smallest absolute Gasteiger partial charge is 0.246 e. The van der Waals surface area contributed by atoms with Crippen LogP contribution in [0.15, 0.2) is 24.5 Å². The first-order valence-electron chi connectivity index (χ1n) is 11.4. The largest absolute Gasteiger partial charge is 0.470 e. The first-order valence-corrected chi connectivity index (χ1v) is 11.4. The van der Waals surface area contributed by atoms with Gasteiger partial charge in [-0.2, -0.15) is 10.1 Å². The number of nitrogens with zero attached hydrogens (tertiary/aromatic N) is 6. The molecule has 0 unspecified atom stereocenters. The molecule has 4 heterocycles. The van der Waals surface area contributed by atoms with Gasteiger partial charge in [0.2, 0.25) is 11.8 Å². The number of pyridine rings is 1. The van der Waals surface area contributed by atoms with Gasteiger partial charge in [-0.05, 0) is 77.7 Å². The van der Waals surface area contributed by atoms with Gasteiger partial charge in [0.15, 0.2) is 5.52 Å². The SMILES string of the molecule is CN1CCC(n2cc(Nc3nc(OC4(C)CC4)c4nc(C5CC5)ccc4n3)cn2)CC1. The van der Waals surface area contributed by atoms with Gasteiger partial charge < -0.3 is 15.0 Å². The molecule has 2 aliphatic carbocycles. The summed E-state index contributed by atoms with van der Waals surface area (Å²) in [6.07, 6.45) is 10.7. The van der Waals surface area contributed by atoms with E-state index in [0.717, 1.165) is 61.2 Å². The molecule has 1 saturated heterocycles. The lowest BCUT2D eigenvalue weighted by Crippen LogP contribution is -2.31. The molecule has 8 nitrogen and oxygen atoms in total. The molecule has 3 aliphatic rings. The highest BCUT2D eigenvalue weighted by molar-refractivity contribution is 5.81. The monoisotopic (exact) mass is 419 g/mol. The molecule has 0 atom stereocenters. The average Bonchev–Trinajstić information content (AvgIpc) is 3.69. The fraction of sp³-hybridized carbons (Fsp3) is 0.565. The maximum absolute atomic E-state index is 6.29. The summed E-state index contributed by atoms with van der Waals surface area (Å²) in [6, 6.07) is 4.59. The van der Waals surface area contributed by atoms with Gasteiger partial charge in [-0.15, -0.1) is 0 Å². The summed E-state index contributed by atoms with van der Waals surface area (Å²) in [5.74, 6) is 1.69. The van der Waals surface area contributed by atoms with Gasteiger partial charge in [-0.1, -0.05) is 0 Å². The zero-order valence-electron chi connectivity index (χ0n) is 18.2. The van der Waals surface area contributed by atoms with Gasteiger partial charge in [-0.25, -0.2) is 9.97 Å². The topological polar surface area (TPSA) is 81.0 Å². The fourth-order valence-corrected chi connectivity index (χ4v) is 4.24. The maximum Gasteiger partial charge on any atom is 0.246 e. The van der Waals surface area contributed by atoms with Gasteiger partial charge in [0.1, 0.15) is 5.60 Å². The molecular formula is C23H29N7O. The first kappa shape index (κ1) is 19.0. The molecule has 0 amide bonds. The van der Waals surface area contributed by atoms with Crippen LogP contribution in [0.1, 0.15) is 63.1 Å². The number of piperidine rings is 1. The molecule has 6 rings (SSSR count). The Hall–Kier alpha value is -2.74. The molecule has 3 fully saturated rings. The van der Waals surface area contributed by atoms with E-state index in [1.807, 2.05) is 12.3 Å². The van der Waals surface area contributed by atoms with Crippen LogP contribution in [-0.4, -0.2) is 55.4 Å². The number of anilines is 2. The van der Waals surface area contributed by atoms with Crippen LogP contribution in [0, 0.1) is 0 Å². The Balaban J connectivity index is 1.28. The highest BCUT2D eigenvalue weighted by atomic mass is 16.5. The van der Waals surface area contributed by atoms with E-state index in [9.17, 15) is 0 Å². The van der Waals surface area contributed by atoms with Crippen molar-refractivity contribution >= 4 is 22.7 Å². The summed E-state index contributed by atoms with van der Waals surface area (Å²) in [5.41, 5.74) is 3.47. The molecule has 3 aromatic rings. The van der Waals surface area contributed by atoms with Crippen molar-refractivity contribution in [2.24, 2.45) is 0 Å². The Kier molecular flexibility index (Phi) is 4.38. The van der Waals surface area contributed by atoms with E-state index in [-0.39, 0.29) is 5.60 Å². The standard InChI is InChI=1S/C23H29N7O/c1-23(9-10-23)31-21-20-19(6-5-18(26-20)15-3-4-15)27-22(28-21)25-16-13-24-30(14-16)17-7-11-29(2)12-8-17/h5-6,13-15,17H,3-4,7-12H2,1-2H3,(H,25,27,28). The Morgan fingerprint density at radius 2 is 1.87 bits per heavy atom. The maximum atomic E-state index is 6.29. The zero-order chi connectivity index (χ0) is 21.0. The highest BCUT2D eigenvalue weighted by Crippen LogP contribution is 2.42. The lowest BCUT2D eigenvalue weighted by Gasteiger charge is -2.28. The minimum Gasteiger partial charge on any atom is -0.470 e. The second-order valence-electron chi connectivity index (χ2n) is 9.65. The van der Waals surface area contributed by atoms with Crippen LogP contribution >= 0.6 is 0 Å². The summed E-state index contributed by atoms with van der Waals surface area (Å²) in [5, 5.41) is 7.93. The van der Waals surface area contributed by atoms with E-state index in [1.165, 1.54) is 12.8 Å². The van der Waals surface area contributed by atoms with Crippen molar-refractivity contribution in [3.8, 4) is 5.88 Å². The van der Waals surface area contributed by atoms with E-state index < -0.39 is 0 Å². The van der Waals surface area contributed by atoms with Gasteiger partial charge in [0.05, 0.1) is 23.4 Å². The number of aromatic nitrogens is 5. The number of rotatable bonds is 6. The third-order valence-corrected chi connectivity index (χ3v) is 6.74. The van der Waals surface area contributed by atoms with E-state index in [2.05, 4.69) is 46.2 Å². The molecule has 2 saturated carbocycles. The Morgan fingerprint density at radius 1 is 1.06 bits per heavy atom. The van der Waals surface area contributed by atoms with E-state index in [4.69, 9.17) is 19.7 Å². The van der Waals surface area contributed by atoms with Crippen LogP contribution in [0.4, 0.5) is 11.6 Å². The minimum absolute atomic E-state index is 0.130. The summed E-state index contributed by atoms with van der Waals surface area (Å²) in [7, 11) is 2.17.